The van der Waals surface area contributed by atoms with Crippen molar-refractivity contribution < 1.29 is 27.1 Å². The standard InChI is InChI=1S/C12H10BrFN6O6S/c13-7-5-6(1-2-8(7)14)20-11(19-25-12(20)21)9-10(18-26-16-9)17-24-4-3-15-27(22)23/h1-2,5,15H,3-4H2,(H,17,18)(H,22,23). The second kappa shape index (κ2) is 8.49. The number of halogens is 2. The van der Waals surface area contributed by atoms with Gasteiger partial charge in [-0.1, -0.05) is 5.16 Å². The SMILES string of the molecule is O=c1onc(-c2nonc2NOCCNS(=O)O)n1-c1ccc(F)c(Br)c1. The Hall–Kier alpha value is -2.46. The van der Waals surface area contributed by atoms with Gasteiger partial charge in [-0.25, -0.2) is 32.8 Å². The lowest BCUT2D eigenvalue weighted by Crippen LogP contribution is -2.22. The number of hydrogen-bond donors (Lipinski definition) is 3. The summed E-state index contributed by atoms with van der Waals surface area (Å²) in [5.41, 5.74) is 2.66. The summed E-state index contributed by atoms with van der Waals surface area (Å²) >= 11 is 0.877. The lowest BCUT2D eigenvalue weighted by Gasteiger charge is -2.06. The Morgan fingerprint density at radius 1 is 1.37 bits per heavy atom. The second-order valence-electron chi connectivity index (χ2n) is 4.76. The molecule has 12 nitrogen and oxygen atoms in total. The quantitative estimate of drug-likeness (QED) is 0.247. The highest BCUT2D eigenvalue weighted by Crippen LogP contribution is 2.26. The molecule has 1 aromatic carbocycles. The lowest BCUT2D eigenvalue weighted by molar-refractivity contribution is 0.195. The number of nitrogens with one attached hydrogen (secondary N) is 2. The van der Waals surface area contributed by atoms with Gasteiger partial charge in [0, 0.05) is 6.54 Å². The molecule has 27 heavy (non-hydrogen) atoms. The second-order valence-corrected chi connectivity index (χ2v) is 6.40. The number of nitrogens with zero attached hydrogens (tertiary/aromatic N) is 4. The first-order chi connectivity index (χ1) is 13.0. The molecule has 0 aliphatic rings. The van der Waals surface area contributed by atoms with Gasteiger partial charge in [0.25, 0.3) is 0 Å². The van der Waals surface area contributed by atoms with Crippen molar-refractivity contribution in [2.45, 2.75) is 0 Å². The van der Waals surface area contributed by atoms with Crippen LogP contribution in [0.15, 0.2) is 36.6 Å². The van der Waals surface area contributed by atoms with Gasteiger partial charge in [0.15, 0.2) is 0 Å². The normalized spacial score (nSPS) is 12.3. The van der Waals surface area contributed by atoms with E-state index in [2.05, 4.69) is 50.8 Å². The number of anilines is 1. The van der Waals surface area contributed by atoms with Crippen LogP contribution in [0.5, 0.6) is 0 Å². The highest BCUT2D eigenvalue weighted by molar-refractivity contribution is 9.10. The number of aromatic nitrogens is 4. The van der Waals surface area contributed by atoms with Gasteiger partial charge in [0.2, 0.25) is 28.6 Å². The van der Waals surface area contributed by atoms with Crippen LogP contribution < -0.4 is 16.0 Å². The van der Waals surface area contributed by atoms with Crippen molar-refractivity contribution >= 4 is 33.0 Å². The fraction of sp³-hybridized carbons (Fsp3) is 0.167. The van der Waals surface area contributed by atoms with E-state index >= 15 is 0 Å². The average Bonchev–Trinajstić information content (AvgIpc) is 3.23. The summed E-state index contributed by atoms with van der Waals surface area (Å²) in [6.07, 6.45) is 0. The van der Waals surface area contributed by atoms with E-state index in [1.165, 1.54) is 12.1 Å². The summed E-state index contributed by atoms with van der Waals surface area (Å²) < 4.78 is 45.2. The monoisotopic (exact) mass is 464 g/mol. The smallest absolute Gasteiger partial charge is 0.295 e. The van der Waals surface area contributed by atoms with Gasteiger partial charge in [0.05, 0.1) is 16.8 Å². The van der Waals surface area contributed by atoms with E-state index in [0.717, 1.165) is 10.6 Å². The van der Waals surface area contributed by atoms with Gasteiger partial charge in [0.1, 0.15) is 5.82 Å². The van der Waals surface area contributed by atoms with Crippen LogP contribution in [0.2, 0.25) is 0 Å². The lowest BCUT2D eigenvalue weighted by atomic mass is 10.3. The molecular formula is C12H10BrFN6O6S. The maximum Gasteiger partial charge on any atom is 0.446 e. The summed E-state index contributed by atoms with van der Waals surface area (Å²) in [7, 11) is 0. The van der Waals surface area contributed by atoms with Gasteiger partial charge >= 0.3 is 5.76 Å². The Kier molecular flexibility index (Phi) is 6.07. The molecule has 0 aliphatic carbocycles. The van der Waals surface area contributed by atoms with E-state index in [4.69, 9.17) is 9.39 Å². The highest BCUT2D eigenvalue weighted by atomic mass is 79.9. The Morgan fingerprint density at radius 2 is 2.19 bits per heavy atom. The van der Waals surface area contributed by atoms with E-state index in [-0.39, 0.29) is 40.6 Å². The van der Waals surface area contributed by atoms with Crippen LogP contribution >= 0.6 is 15.9 Å². The van der Waals surface area contributed by atoms with Gasteiger partial charge in [-0.3, -0.25) is 13.9 Å². The van der Waals surface area contributed by atoms with Crippen LogP contribution in [0, 0.1) is 5.82 Å². The molecule has 1 atom stereocenters. The maximum absolute atomic E-state index is 13.5. The van der Waals surface area contributed by atoms with Crippen LogP contribution in [-0.2, 0) is 16.1 Å². The first kappa shape index (κ1) is 19.3. The van der Waals surface area contributed by atoms with Crippen LogP contribution in [0.3, 0.4) is 0 Å². The molecule has 0 fully saturated rings. The molecular weight excluding hydrogens is 455 g/mol. The molecule has 0 saturated heterocycles. The molecule has 0 amide bonds. The predicted octanol–water partition coefficient (Wildman–Crippen LogP) is 0.847. The van der Waals surface area contributed by atoms with Crippen LogP contribution in [0.1, 0.15) is 0 Å². The third-order valence-electron chi connectivity index (χ3n) is 3.06. The summed E-state index contributed by atoms with van der Waals surface area (Å²) in [6.45, 7) is 0.0597. The molecule has 1 unspecified atom stereocenters. The van der Waals surface area contributed by atoms with Crippen molar-refractivity contribution in [2.24, 2.45) is 0 Å². The van der Waals surface area contributed by atoms with Crippen molar-refractivity contribution in [3.05, 3.63) is 39.0 Å². The molecule has 3 N–H and O–H groups in total. The minimum absolute atomic E-state index is 0.00483. The maximum atomic E-state index is 13.5. The Morgan fingerprint density at radius 3 is 2.93 bits per heavy atom. The van der Waals surface area contributed by atoms with Gasteiger partial charge in [-0.05, 0) is 44.4 Å². The van der Waals surface area contributed by atoms with E-state index < -0.39 is 22.8 Å². The Balaban J connectivity index is 1.84. The van der Waals surface area contributed by atoms with E-state index in [1.807, 2.05) is 0 Å². The molecule has 0 radical (unpaired) electrons. The molecule has 15 heteroatoms. The highest BCUT2D eigenvalue weighted by Gasteiger charge is 2.23. The van der Waals surface area contributed by atoms with Gasteiger partial charge < -0.3 is 0 Å². The van der Waals surface area contributed by atoms with E-state index in [0.29, 0.717) is 0 Å². The van der Waals surface area contributed by atoms with Crippen molar-refractivity contribution in [1.82, 2.24) is 24.8 Å². The van der Waals surface area contributed by atoms with E-state index in [1.54, 1.807) is 0 Å². The number of hydrogen-bond acceptors (Lipinski definition) is 9. The van der Waals surface area contributed by atoms with E-state index in [9.17, 15) is 13.4 Å². The molecule has 0 saturated carbocycles. The van der Waals surface area contributed by atoms with Crippen LogP contribution in [-0.4, -0.2) is 42.0 Å². The van der Waals surface area contributed by atoms with Crippen molar-refractivity contribution in [3.8, 4) is 17.2 Å². The zero-order valence-electron chi connectivity index (χ0n) is 13.1. The molecule has 0 bridgehead atoms. The average molecular weight is 465 g/mol. The summed E-state index contributed by atoms with van der Waals surface area (Å²) in [5, 5.41) is 10.9. The zero-order chi connectivity index (χ0) is 19.4. The predicted molar refractivity (Wildman–Crippen MR) is 91.4 cm³/mol. The number of rotatable bonds is 8. The Bertz CT molecular complexity index is 1020. The minimum atomic E-state index is -2.16. The van der Waals surface area contributed by atoms with Crippen LogP contribution in [0.4, 0.5) is 10.2 Å². The Labute approximate surface area is 160 Å². The van der Waals surface area contributed by atoms with Crippen molar-refractivity contribution in [2.75, 3.05) is 18.6 Å². The fourth-order valence-electron chi connectivity index (χ4n) is 1.95. The molecule has 2 heterocycles. The minimum Gasteiger partial charge on any atom is -0.295 e. The molecule has 0 spiro atoms. The molecule has 3 rings (SSSR count). The fourth-order valence-corrected chi connectivity index (χ4v) is 2.58. The van der Waals surface area contributed by atoms with Crippen LogP contribution in [0.25, 0.3) is 17.2 Å². The topological polar surface area (TPSA) is 158 Å². The largest absolute Gasteiger partial charge is 0.446 e. The molecule has 144 valence electrons. The van der Waals surface area contributed by atoms with Gasteiger partial charge in [-0.15, -0.1) is 0 Å². The number of benzene rings is 1. The third-order valence-corrected chi connectivity index (χ3v) is 4.12. The zero-order valence-corrected chi connectivity index (χ0v) is 15.5. The van der Waals surface area contributed by atoms with Crippen molar-refractivity contribution in [3.63, 3.8) is 0 Å². The summed E-state index contributed by atoms with van der Waals surface area (Å²) in [6, 6.07) is 3.86. The summed E-state index contributed by atoms with van der Waals surface area (Å²) in [4.78, 5) is 17.1. The summed E-state index contributed by atoms with van der Waals surface area (Å²) in [5.74, 6) is -1.45. The molecule has 2 aromatic heterocycles. The first-order valence-electron chi connectivity index (χ1n) is 7.06. The van der Waals surface area contributed by atoms with Gasteiger partial charge in [-0.2, -0.15) is 0 Å². The molecule has 3 aromatic rings. The van der Waals surface area contributed by atoms with Crippen molar-refractivity contribution in [1.29, 1.82) is 0 Å². The molecule has 0 aliphatic heterocycles. The first-order valence-corrected chi connectivity index (χ1v) is 8.96. The third kappa shape index (κ3) is 4.45.